The molecule has 0 aliphatic heterocycles. The molecule has 136 valence electrons. The van der Waals surface area contributed by atoms with Crippen molar-refractivity contribution in [1.29, 1.82) is 0 Å². The average Bonchev–Trinajstić information content (AvgIpc) is 3.20. The second-order valence-electron chi connectivity index (χ2n) is 6.59. The number of hydrogen-bond acceptors (Lipinski definition) is 3. The van der Waals surface area contributed by atoms with Gasteiger partial charge in [0.15, 0.2) is 0 Å². The molecule has 2 aromatic carbocycles. The lowest BCUT2D eigenvalue weighted by molar-refractivity contribution is -0.384. The fourth-order valence-corrected chi connectivity index (χ4v) is 3.61. The topological polar surface area (TPSA) is 61.0 Å². The lowest BCUT2D eigenvalue weighted by Gasteiger charge is -2.11. The van der Waals surface area contributed by atoms with Crippen LogP contribution in [0.4, 0.5) is 5.69 Å². The second-order valence-corrected chi connectivity index (χ2v) is 7.40. The molecule has 0 bridgehead atoms. The summed E-state index contributed by atoms with van der Waals surface area (Å²) in [6.07, 6.45) is 4.95. The molecular formula is C20H15Cl2N3O2. The molecule has 1 aromatic heterocycles. The molecule has 7 heteroatoms. The summed E-state index contributed by atoms with van der Waals surface area (Å²) < 4.78 is 2.04. The van der Waals surface area contributed by atoms with Crippen LogP contribution in [0.5, 0.6) is 0 Å². The first kappa shape index (κ1) is 17.8. The van der Waals surface area contributed by atoms with Gasteiger partial charge in [-0.3, -0.25) is 10.1 Å². The molecule has 0 N–H and O–H groups in total. The van der Waals surface area contributed by atoms with E-state index in [0.717, 1.165) is 34.4 Å². The molecule has 27 heavy (non-hydrogen) atoms. The molecule has 5 nitrogen and oxygen atoms in total. The summed E-state index contributed by atoms with van der Waals surface area (Å²) in [6.45, 7) is 2.52. The number of halogens is 2. The van der Waals surface area contributed by atoms with Crippen LogP contribution in [0.25, 0.3) is 16.6 Å². The second kappa shape index (κ2) is 6.83. The number of allylic oxidation sites excluding steroid dienone is 4. The third-order valence-electron chi connectivity index (χ3n) is 4.58. The van der Waals surface area contributed by atoms with Gasteiger partial charge in [-0.05, 0) is 36.6 Å². The van der Waals surface area contributed by atoms with Crippen LogP contribution in [0.2, 0.25) is 10.0 Å². The molecule has 1 heterocycles. The Morgan fingerprint density at radius 2 is 1.96 bits per heavy atom. The van der Waals surface area contributed by atoms with Gasteiger partial charge in [0.05, 0.1) is 26.0 Å². The first-order chi connectivity index (χ1) is 12.9. The van der Waals surface area contributed by atoms with Gasteiger partial charge in [0.1, 0.15) is 5.82 Å². The van der Waals surface area contributed by atoms with E-state index in [0.29, 0.717) is 16.6 Å². The minimum atomic E-state index is -0.389. The molecule has 0 saturated carbocycles. The zero-order valence-electron chi connectivity index (χ0n) is 14.4. The van der Waals surface area contributed by atoms with Crippen LogP contribution < -0.4 is 0 Å². The van der Waals surface area contributed by atoms with Crippen LogP contribution in [0.15, 0.2) is 54.1 Å². The molecule has 3 aromatic rings. The average molecular weight is 400 g/mol. The van der Waals surface area contributed by atoms with Crippen molar-refractivity contribution in [2.24, 2.45) is 0 Å². The largest absolute Gasteiger partial charge is 0.320 e. The number of rotatable bonds is 4. The lowest BCUT2D eigenvalue weighted by Crippen LogP contribution is -2.05. The predicted octanol–water partition coefficient (Wildman–Crippen LogP) is 6.03. The molecule has 0 radical (unpaired) electrons. The molecule has 1 aliphatic carbocycles. The first-order valence-electron chi connectivity index (χ1n) is 8.37. The van der Waals surface area contributed by atoms with Crippen LogP contribution in [-0.2, 0) is 6.54 Å². The van der Waals surface area contributed by atoms with Crippen LogP contribution in [0, 0.1) is 10.1 Å². The van der Waals surface area contributed by atoms with Gasteiger partial charge in [-0.2, -0.15) is 0 Å². The van der Waals surface area contributed by atoms with Gasteiger partial charge >= 0.3 is 0 Å². The molecule has 1 aliphatic rings. The van der Waals surface area contributed by atoms with E-state index in [1.54, 1.807) is 24.3 Å². The number of fused-ring (bicyclic) bond motifs is 1. The summed E-state index contributed by atoms with van der Waals surface area (Å²) in [5.74, 6) is 0.822. The lowest BCUT2D eigenvalue weighted by atomic mass is 10.1. The van der Waals surface area contributed by atoms with Crippen molar-refractivity contribution >= 4 is 45.5 Å². The van der Waals surface area contributed by atoms with Crippen molar-refractivity contribution < 1.29 is 4.92 Å². The van der Waals surface area contributed by atoms with Crippen LogP contribution in [0.1, 0.15) is 24.7 Å². The Hall–Kier alpha value is -2.63. The third kappa shape index (κ3) is 3.36. The van der Waals surface area contributed by atoms with Gasteiger partial charge in [0, 0.05) is 18.7 Å². The number of benzene rings is 2. The number of nitro groups is 1. The highest BCUT2D eigenvalue weighted by Gasteiger charge is 2.19. The number of aromatic nitrogens is 2. The van der Waals surface area contributed by atoms with E-state index in [-0.39, 0.29) is 10.6 Å². The van der Waals surface area contributed by atoms with Crippen molar-refractivity contribution in [2.45, 2.75) is 19.9 Å². The minimum Gasteiger partial charge on any atom is -0.320 e. The molecular weight excluding hydrogens is 385 g/mol. The van der Waals surface area contributed by atoms with E-state index in [1.165, 1.54) is 11.6 Å². The highest BCUT2D eigenvalue weighted by Crippen LogP contribution is 2.34. The maximum absolute atomic E-state index is 11.1. The van der Waals surface area contributed by atoms with Gasteiger partial charge < -0.3 is 4.57 Å². The van der Waals surface area contributed by atoms with Crippen molar-refractivity contribution in [3.63, 3.8) is 0 Å². The Morgan fingerprint density at radius 1 is 1.19 bits per heavy atom. The number of nitro benzene ring substituents is 1. The van der Waals surface area contributed by atoms with Gasteiger partial charge in [0.25, 0.3) is 5.69 Å². The number of hydrogen-bond donors (Lipinski definition) is 0. The molecule has 0 saturated heterocycles. The van der Waals surface area contributed by atoms with E-state index in [4.69, 9.17) is 28.2 Å². The normalized spacial score (nSPS) is 13.7. The maximum Gasteiger partial charge on any atom is 0.269 e. The van der Waals surface area contributed by atoms with E-state index in [9.17, 15) is 10.1 Å². The van der Waals surface area contributed by atoms with Crippen LogP contribution in [0.3, 0.4) is 0 Å². The van der Waals surface area contributed by atoms with E-state index < -0.39 is 0 Å². The molecule has 0 atom stereocenters. The zero-order chi connectivity index (χ0) is 19.1. The van der Waals surface area contributed by atoms with Crippen molar-refractivity contribution in [3.8, 4) is 0 Å². The maximum atomic E-state index is 11.1. The quantitative estimate of drug-likeness (QED) is 0.397. The molecule has 0 amide bonds. The molecule has 4 rings (SSSR count). The highest BCUT2D eigenvalue weighted by atomic mass is 35.5. The summed E-state index contributed by atoms with van der Waals surface area (Å²) in [6, 6.07) is 10.2. The van der Waals surface area contributed by atoms with Crippen molar-refractivity contribution in [1.82, 2.24) is 9.55 Å². The fourth-order valence-electron chi connectivity index (χ4n) is 3.29. The van der Waals surface area contributed by atoms with E-state index in [2.05, 4.69) is 19.1 Å². The Bertz CT molecular complexity index is 1150. The summed E-state index contributed by atoms with van der Waals surface area (Å²) in [5.41, 5.74) is 4.83. The SMILES string of the molecule is CC1=CC=C(c2nc3cc(Cl)c(Cl)cc3n2Cc2cccc([N+](=O)[O-])c2)C1. The van der Waals surface area contributed by atoms with Gasteiger partial charge in [0.2, 0.25) is 0 Å². The summed E-state index contributed by atoms with van der Waals surface area (Å²) in [7, 11) is 0. The summed E-state index contributed by atoms with van der Waals surface area (Å²) >= 11 is 12.4. The van der Waals surface area contributed by atoms with Crippen molar-refractivity contribution in [3.05, 3.63) is 85.7 Å². The molecule has 0 spiro atoms. The minimum absolute atomic E-state index is 0.0668. The monoisotopic (exact) mass is 399 g/mol. The molecule has 0 fully saturated rings. The summed E-state index contributed by atoms with van der Waals surface area (Å²) in [5, 5.41) is 12.0. The fraction of sp³-hybridized carbons (Fsp3) is 0.150. The van der Waals surface area contributed by atoms with E-state index >= 15 is 0 Å². The Balaban J connectivity index is 1.85. The van der Waals surface area contributed by atoms with Gasteiger partial charge in [-0.15, -0.1) is 0 Å². The van der Waals surface area contributed by atoms with Crippen LogP contribution >= 0.6 is 23.2 Å². The third-order valence-corrected chi connectivity index (χ3v) is 5.30. The van der Waals surface area contributed by atoms with Gasteiger partial charge in [-0.1, -0.05) is 53.1 Å². The Morgan fingerprint density at radius 3 is 2.67 bits per heavy atom. The Labute approximate surface area is 165 Å². The van der Waals surface area contributed by atoms with E-state index in [1.807, 2.05) is 10.6 Å². The smallest absolute Gasteiger partial charge is 0.269 e. The van der Waals surface area contributed by atoms with Crippen molar-refractivity contribution in [2.75, 3.05) is 0 Å². The standard InChI is InChI=1S/C20H15Cl2N3O2/c1-12-5-6-14(7-12)20-23-18-9-16(21)17(22)10-19(18)24(20)11-13-3-2-4-15(8-13)25(26)27/h2-6,8-10H,7,11H2,1H3. The predicted molar refractivity (Wildman–Crippen MR) is 108 cm³/mol. The van der Waals surface area contributed by atoms with Crippen LogP contribution in [-0.4, -0.2) is 14.5 Å². The molecule has 0 unspecified atom stereocenters. The summed E-state index contributed by atoms with van der Waals surface area (Å²) in [4.78, 5) is 15.5. The Kier molecular flexibility index (Phi) is 4.50. The number of imidazole rings is 1. The zero-order valence-corrected chi connectivity index (χ0v) is 16.0. The number of nitrogens with zero attached hydrogens (tertiary/aromatic N) is 3. The highest BCUT2D eigenvalue weighted by molar-refractivity contribution is 6.42. The van der Waals surface area contributed by atoms with Gasteiger partial charge in [-0.25, -0.2) is 4.98 Å². The first-order valence-corrected chi connectivity index (χ1v) is 9.13. The number of non-ortho nitro benzene ring substituents is 1.